The maximum Gasteiger partial charge on any atom is 0.307 e. The molecule has 2 aromatic rings. The molecule has 0 radical (unpaired) electrons. The fraction of sp³-hybridized carbons (Fsp3) is 0.400. The van der Waals surface area contributed by atoms with Gasteiger partial charge in [-0.05, 0) is 71.4 Å². The number of esters is 1. The van der Waals surface area contributed by atoms with Gasteiger partial charge in [0.05, 0.1) is 17.9 Å². The van der Waals surface area contributed by atoms with Gasteiger partial charge in [0.1, 0.15) is 5.60 Å². The lowest BCUT2D eigenvalue weighted by Crippen LogP contribution is -2.29. The third-order valence-electron chi connectivity index (χ3n) is 4.84. The summed E-state index contributed by atoms with van der Waals surface area (Å²) < 4.78 is 33.3. The van der Waals surface area contributed by atoms with E-state index >= 15 is 0 Å². The number of nitrogens with one attached hydrogen (secondary N) is 2. The Kier molecular flexibility index (Phi) is 8.55. The number of anilines is 1. The zero-order chi connectivity index (χ0) is 24.8. The number of carbonyl (C=O) groups excluding carboxylic acids is 1. The molecule has 8 heteroatoms. The van der Waals surface area contributed by atoms with E-state index in [1.54, 1.807) is 77.1 Å². The van der Waals surface area contributed by atoms with Crippen LogP contribution in [0.25, 0.3) is 0 Å². The molecule has 178 valence electrons. The zero-order valence-electron chi connectivity index (χ0n) is 20.1. The Morgan fingerprint density at radius 1 is 1.12 bits per heavy atom. The number of carbonyl (C=O) groups is 1. The molecule has 0 bridgehead atoms. The molecule has 0 saturated heterocycles. The van der Waals surface area contributed by atoms with Crippen LogP contribution in [0.15, 0.2) is 58.4 Å². The highest BCUT2D eigenvalue weighted by Crippen LogP contribution is 2.19. The van der Waals surface area contributed by atoms with Gasteiger partial charge in [-0.25, -0.2) is 8.42 Å². The van der Waals surface area contributed by atoms with Gasteiger partial charge in [-0.3, -0.25) is 14.5 Å². The van der Waals surface area contributed by atoms with Crippen molar-refractivity contribution in [2.45, 2.75) is 65.0 Å². The zero-order valence-corrected chi connectivity index (χ0v) is 20.9. The number of ether oxygens (including phenoxy) is 1. The van der Waals surface area contributed by atoms with Gasteiger partial charge in [0.2, 0.25) is 0 Å². The normalized spacial score (nSPS) is 13.3. The molecule has 2 rings (SSSR count). The second-order valence-electron chi connectivity index (χ2n) is 9.10. The molecule has 0 aliphatic carbocycles. The van der Waals surface area contributed by atoms with E-state index in [2.05, 4.69) is 9.71 Å². The summed E-state index contributed by atoms with van der Waals surface area (Å²) in [5.41, 5.74) is 2.62. The summed E-state index contributed by atoms with van der Waals surface area (Å²) in [5.74, 6) is -0.816. The Balaban J connectivity index is 2.12. The molecule has 33 heavy (non-hydrogen) atoms. The van der Waals surface area contributed by atoms with Crippen LogP contribution in [-0.2, 0) is 26.1 Å². The minimum Gasteiger partial charge on any atom is -0.460 e. The minimum atomic E-state index is -3.70. The van der Waals surface area contributed by atoms with Crippen LogP contribution in [-0.4, -0.2) is 31.4 Å². The van der Waals surface area contributed by atoms with E-state index in [1.807, 2.05) is 13.0 Å². The van der Waals surface area contributed by atoms with Crippen molar-refractivity contribution in [1.82, 2.24) is 0 Å². The summed E-state index contributed by atoms with van der Waals surface area (Å²) in [6, 6.07) is 13.7. The van der Waals surface area contributed by atoms with Gasteiger partial charge >= 0.3 is 5.97 Å². The molecule has 0 spiro atoms. The minimum absolute atomic E-state index is 0.0539. The van der Waals surface area contributed by atoms with Gasteiger partial charge in [0.15, 0.2) is 0 Å². The summed E-state index contributed by atoms with van der Waals surface area (Å²) in [6.45, 7) is 11.0. The molecule has 2 N–H and O–H groups in total. The molecule has 2 aromatic carbocycles. The van der Waals surface area contributed by atoms with Crippen molar-refractivity contribution in [3.63, 3.8) is 0 Å². The second-order valence-corrected chi connectivity index (χ2v) is 10.8. The molecule has 0 aliphatic rings. The molecule has 0 heterocycles. The van der Waals surface area contributed by atoms with Crippen LogP contribution in [0.1, 0.15) is 52.2 Å². The largest absolute Gasteiger partial charge is 0.460 e. The van der Waals surface area contributed by atoms with E-state index < -0.39 is 21.5 Å². The SMILES string of the molecule is CC(=N)C(CC(=O)OC(C)(C)C)C(C)=NCc1cccc(NS(=O)(=O)c2ccc(C)cc2)c1. The predicted molar refractivity (Wildman–Crippen MR) is 133 cm³/mol. The molecule has 0 saturated carbocycles. The summed E-state index contributed by atoms with van der Waals surface area (Å²) >= 11 is 0. The first kappa shape index (κ1) is 26.3. The van der Waals surface area contributed by atoms with Crippen LogP contribution in [0.4, 0.5) is 5.69 Å². The Bertz CT molecular complexity index is 1130. The van der Waals surface area contributed by atoms with Gasteiger partial charge in [0, 0.05) is 23.0 Å². The van der Waals surface area contributed by atoms with Crippen molar-refractivity contribution in [1.29, 1.82) is 5.41 Å². The molecule has 1 unspecified atom stereocenters. The Hall–Kier alpha value is -3.00. The number of hydrogen-bond donors (Lipinski definition) is 2. The molecule has 0 fully saturated rings. The second kappa shape index (κ2) is 10.7. The van der Waals surface area contributed by atoms with Crippen LogP contribution in [0.3, 0.4) is 0 Å². The molecule has 0 amide bonds. The lowest BCUT2D eigenvalue weighted by Gasteiger charge is -2.22. The lowest BCUT2D eigenvalue weighted by atomic mass is 9.95. The quantitative estimate of drug-likeness (QED) is 0.390. The number of nitrogens with zero attached hydrogens (tertiary/aromatic N) is 1. The number of hydrogen-bond acceptors (Lipinski definition) is 6. The van der Waals surface area contributed by atoms with Crippen LogP contribution >= 0.6 is 0 Å². The highest BCUT2D eigenvalue weighted by Gasteiger charge is 2.23. The Labute approximate surface area is 196 Å². The summed E-state index contributed by atoms with van der Waals surface area (Å²) in [6.07, 6.45) is 0.0539. The number of sulfonamides is 1. The van der Waals surface area contributed by atoms with E-state index in [1.165, 1.54) is 0 Å². The molecule has 7 nitrogen and oxygen atoms in total. The van der Waals surface area contributed by atoms with Gasteiger partial charge in [-0.1, -0.05) is 29.8 Å². The maximum absolute atomic E-state index is 12.7. The Morgan fingerprint density at radius 2 is 1.76 bits per heavy atom. The number of rotatable bonds is 9. The van der Waals surface area contributed by atoms with E-state index in [9.17, 15) is 13.2 Å². The summed E-state index contributed by atoms with van der Waals surface area (Å²) in [5, 5.41) is 8.05. The van der Waals surface area contributed by atoms with Crippen LogP contribution < -0.4 is 4.72 Å². The van der Waals surface area contributed by atoms with Gasteiger partial charge < -0.3 is 10.1 Å². The highest BCUT2D eigenvalue weighted by molar-refractivity contribution is 7.92. The number of aryl methyl sites for hydroxylation is 1. The first-order valence-electron chi connectivity index (χ1n) is 10.7. The molecule has 0 aromatic heterocycles. The average Bonchev–Trinajstić information content (AvgIpc) is 2.69. The Morgan fingerprint density at radius 3 is 2.33 bits per heavy atom. The third-order valence-corrected chi connectivity index (χ3v) is 6.24. The topological polar surface area (TPSA) is 109 Å². The van der Waals surface area contributed by atoms with Crippen molar-refractivity contribution in [3.8, 4) is 0 Å². The van der Waals surface area contributed by atoms with Gasteiger partial charge in [-0.2, -0.15) is 0 Å². The van der Waals surface area contributed by atoms with Crippen molar-refractivity contribution in [3.05, 3.63) is 59.7 Å². The first-order valence-corrected chi connectivity index (χ1v) is 12.2. The maximum atomic E-state index is 12.7. The monoisotopic (exact) mass is 471 g/mol. The molecular formula is C25H33N3O4S. The van der Waals surface area contributed by atoms with Gasteiger partial charge in [0.25, 0.3) is 10.0 Å². The highest BCUT2D eigenvalue weighted by atomic mass is 32.2. The van der Waals surface area contributed by atoms with Crippen molar-refractivity contribution in [2.24, 2.45) is 10.9 Å². The van der Waals surface area contributed by atoms with Crippen molar-refractivity contribution < 1.29 is 17.9 Å². The standard InChI is InChI=1S/C25H33N3O4S/c1-17-10-12-22(13-11-17)33(30,31)28-21-9-7-8-20(14-21)16-27-19(3)23(18(2)26)15-24(29)32-25(4,5)6/h7-14,23,26,28H,15-16H2,1-6H3. The predicted octanol–water partition coefficient (Wildman–Crippen LogP) is 5.14. The van der Waals surface area contributed by atoms with Crippen LogP contribution in [0.5, 0.6) is 0 Å². The fourth-order valence-electron chi connectivity index (χ4n) is 3.15. The smallest absolute Gasteiger partial charge is 0.307 e. The fourth-order valence-corrected chi connectivity index (χ4v) is 4.20. The van der Waals surface area contributed by atoms with E-state index in [4.69, 9.17) is 10.1 Å². The summed E-state index contributed by atoms with van der Waals surface area (Å²) in [4.78, 5) is 17.0. The van der Waals surface area contributed by atoms with Crippen molar-refractivity contribution >= 4 is 33.1 Å². The van der Waals surface area contributed by atoms with E-state index in [0.29, 0.717) is 23.7 Å². The average molecular weight is 472 g/mol. The number of benzene rings is 2. The lowest BCUT2D eigenvalue weighted by molar-refractivity contribution is -0.155. The summed E-state index contributed by atoms with van der Waals surface area (Å²) in [7, 11) is -3.70. The first-order chi connectivity index (χ1) is 15.3. The molecule has 1 atom stereocenters. The van der Waals surface area contributed by atoms with E-state index in [0.717, 1.165) is 11.1 Å². The molecule has 0 aliphatic heterocycles. The van der Waals surface area contributed by atoms with E-state index in [-0.39, 0.29) is 17.3 Å². The number of aliphatic imine (C=N–C) groups is 1. The van der Waals surface area contributed by atoms with Crippen LogP contribution in [0.2, 0.25) is 0 Å². The van der Waals surface area contributed by atoms with Crippen LogP contribution in [0, 0.1) is 18.3 Å². The molecular weight excluding hydrogens is 438 g/mol. The van der Waals surface area contributed by atoms with Crippen molar-refractivity contribution in [2.75, 3.05) is 4.72 Å². The third kappa shape index (κ3) is 8.46. The van der Waals surface area contributed by atoms with Gasteiger partial charge in [-0.15, -0.1) is 0 Å².